The number of fused-ring (bicyclic) bond motifs is 3. The van der Waals surface area contributed by atoms with Crippen LogP contribution in [0.1, 0.15) is 33.7 Å². The lowest BCUT2D eigenvalue weighted by atomic mass is 9.83. The average molecular weight is 743 g/mol. The summed E-state index contributed by atoms with van der Waals surface area (Å²) >= 11 is 0. The number of aryl methyl sites for hydroxylation is 2. The zero-order valence-corrected chi connectivity index (χ0v) is 32.7. The third-order valence-electron chi connectivity index (χ3n) is 11.6. The molecule has 0 unspecified atom stereocenters. The molecule has 0 N–H and O–H groups in total. The average Bonchev–Trinajstić information content (AvgIpc) is 3.66. The van der Waals surface area contributed by atoms with E-state index >= 15 is 0 Å². The molecule has 276 valence electrons. The number of hydrogen-bond acceptors (Lipinski definition) is 1. The van der Waals surface area contributed by atoms with Gasteiger partial charge in [-0.3, -0.25) is 0 Å². The van der Waals surface area contributed by atoms with Crippen LogP contribution in [0.5, 0.6) is 0 Å². The second kappa shape index (κ2) is 15.0. The lowest BCUT2D eigenvalue weighted by Crippen LogP contribution is -2.04. The molecule has 9 aromatic carbocycles. The van der Waals surface area contributed by atoms with Gasteiger partial charge in [-0.25, -0.2) is 0 Å². The van der Waals surface area contributed by atoms with Crippen molar-refractivity contribution >= 4 is 21.9 Å². The highest BCUT2D eigenvalue weighted by molar-refractivity contribution is 6.06. The van der Waals surface area contributed by atoms with Crippen molar-refractivity contribution in [2.24, 2.45) is 0 Å². The number of furan rings is 1. The molecule has 1 nitrogen and oxygen atoms in total. The van der Waals surface area contributed by atoms with Gasteiger partial charge in [-0.15, -0.1) is 0 Å². The van der Waals surface area contributed by atoms with Crippen molar-refractivity contribution < 1.29 is 4.42 Å². The Hall–Kier alpha value is -7.22. The Morgan fingerprint density at radius 2 is 0.672 bits per heavy atom. The second-order valence-corrected chi connectivity index (χ2v) is 15.5. The Morgan fingerprint density at radius 1 is 0.276 bits per heavy atom. The molecule has 10 aromatic rings. The van der Waals surface area contributed by atoms with E-state index in [1.54, 1.807) is 0 Å². The van der Waals surface area contributed by atoms with Gasteiger partial charge in [-0.1, -0.05) is 193 Å². The number of benzene rings is 9. The summed E-state index contributed by atoms with van der Waals surface area (Å²) < 4.78 is 6.17. The highest BCUT2D eigenvalue weighted by atomic mass is 16.3. The third kappa shape index (κ3) is 6.93. The van der Waals surface area contributed by atoms with E-state index in [4.69, 9.17) is 4.42 Å². The summed E-state index contributed by atoms with van der Waals surface area (Å²) in [4.78, 5) is 0. The first kappa shape index (κ1) is 35.2. The molecule has 0 aliphatic heterocycles. The van der Waals surface area contributed by atoms with Gasteiger partial charge in [0.2, 0.25) is 0 Å². The van der Waals surface area contributed by atoms with Crippen LogP contribution in [0, 0.1) is 13.8 Å². The van der Waals surface area contributed by atoms with Crippen LogP contribution in [0.4, 0.5) is 0 Å². The van der Waals surface area contributed by atoms with Gasteiger partial charge in [0.25, 0.3) is 0 Å². The maximum atomic E-state index is 6.17. The van der Waals surface area contributed by atoms with Crippen LogP contribution in [-0.2, 0) is 0 Å². The molecule has 0 radical (unpaired) electrons. The molecule has 0 amide bonds. The molecule has 0 saturated carbocycles. The molecule has 0 saturated heterocycles. The first-order valence-corrected chi connectivity index (χ1v) is 20.1. The van der Waals surface area contributed by atoms with Gasteiger partial charge in [0, 0.05) is 16.7 Å². The lowest BCUT2D eigenvalue weighted by Gasteiger charge is -2.21. The zero-order valence-electron chi connectivity index (χ0n) is 32.7. The van der Waals surface area contributed by atoms with Gasteiger partial charge in [0.05, 0.1) is 0 Å². The zero-order chi connectivity index (χ0) is 39.0. The van der Waals surface area contributed by atoms with E-state index in [2.05, 4.69) is 214 Å². The fourth-order valence-corrected chi connectivity index (χ4v) is 8.37. The van der Waals surface area contributed by atoms with E-state index in [-0.39, 0.29) is 5.92 Å². The summed E-state index contributed by atoms with van der Waals surface area (Å²) in [6, 6.07) is 77.6. The van der Waals surface area contributed by atoms with Crippen molar-refractivity contribution in [2.45, 2.75) is 19.8 Å². The quantitative estimate of drug-likeness (QED) is 0.141. The van der Waals surface area contributed by atoms with Crippen molar-refractivity contribution in [3.63, 3.8) is 0 Å². The summed E-state index contributed by atoms with van der Waals surface area (Å²) in [5.74, 6) is 0.0272. The van der Waals surface area contributed by atoms with Crippen LogP contribution < -0.4 is 0 Å². The van der Waals surface area contributed by atoms with E-state index < -0.39 is 0 Å². The van der Waals surface area contributed by atoms with E-state index in [0.29, 0.717) is 0 Å². The van der Waals surface area contributed by atoms with Crippen LogP contribution in [0.15, 0.2) is 217 Å². The molecule has 0 aliphatic rings. The summed E-state index contributed by atoms with van der Waals surface area (Å²) in [6.45, 7) is 4.26. The molecule has 0 aliphatic carbocycles. The topological polar surface area (TPSA) is 13.1 Å². The largest absolute Gasteiger partial charge is 0.456 e. The molecular formula is C57H42O. The first-order chi connectivity index (χ1) is 28.5. The van der Waals surface area contributed by atoms with Gasteiger partial charge < -0.3 is 4.42 Å². The minimum atomic E-state index is 0.0272. The van der Waals surface area contributed by atoms with Crippen LogP contribution in [0.25, 0.3) is 77.6 Å². The normalized spacial score (nSPS) is 11.4. The van der Waals surface area contributed by atoms with E-state index in [1.165, 1.54) is 83.5 Å². The fraction of sp³-hybridized carbons (Fsp3) is 0.0526. The predicted octanol–water partition coefficient (Wildman–Crippen LogP) is 15.7. The molecule has 0 fully saturated rings. The Kier molecular flexibility index (Phi) is 9.12. The van der Waals surface area contributed by atoms with Gasteiger partial charge in [0.15, 0.2) is 0 Å². The number of rotatable bonds is 8. The van der Waals surface area contributed by atoms with Gasteiger partial charge in [-0.05, 0) is 117 Å². The molecule has 0 atom stereocenters. The Balaban J connectivity index is 1.03. The molecule has 58 heavy (non-hydrogen) atoms. The Bertz CT molecular complexity index is 2900. The van der Waals surface area contributed by atoms with Gasteiger partial charge >= 0.3 is 0 Å². The first-order valence-electron chi connectivity index (χ1n) is 20.1. The SMILES string of the molecule is Cc1ccc(-c2cccc(-c3ccc(C(c4ccc(-c5cccc(-c6ccc(C)cc6)c5)cc4)c4cccc(-c5ccc6oc7ccccc7c6c5)c4)cc3)c2)cc1. The third-order valence-corrected chi connectivity index (χ3v) is 11.6. The number of hydrogen-bond donors (Lipinski definition) is 0. The maximum absolute atomic E-state index is 6.17. The minimum Gasteiger partial charge on any atom is -0.456 e. The molecule has 0 bridgehead atoms. The highest BCUT2D eigenvalue weighted by Gasteiger charge is 2.19. The second-order valence-electron chi connectivity index (χ2n) is 15.5. The summed E-state index contributed by atoms with van der Waals surface area (Å²) in [6.07, 6.45) is 0. The van der Waals surface area contributed by atoms with Crippen LogP contribution >= 0.6 is 0 Å². The van der Waals surface area contributed by atoms with Crippen molar-refractivity contribution in [3.8, 4) is 55.6 Å². The van der Waals surface area contributed by atoms with Crippen molar-refractivity contribution in [3.05, 3.63) is 240 Å². The maximum Gasteiger partial charge on any atom is 0.135 e. The Labute approximate surface area is 340 Å². The summed E-state index contributed by atoms with van der Waals surface area (Å²) in [7, 11) is 0. The van der Waals surface area contributed by atoms with E-state index in [1.807, 2.05) is 12.1 Å². The van der Waals surface area contributed by atoms with Crippen molar-refractivity contribution in [2.75, 3.05) is 0 Å². The monoisotopic (exact) mass is 742 g/mol. The van der Waals surface area contributed by atoms with E-state index in [9.17, 15) is 0 Å². The van der Waals surface area contributed by atoms with Crippen molar-refractivity contribution in [1.29, 1.82) is 0 Å². The standard InChI is InChI=1S/C57H42O/c1-38-16-20-40(21-17-38)46-8-5-10-48(34-46)42-24-28-44(29-25-42)57(45-30-26-43(27-31-45)49-11-6-9-47(35-49)41-22-18-39(2)19-23-41)52-13-7-12-50(36-52)51-32-33-56-54(37-51)53-14-3-4-15-55(53)58-56/h3-37,57H,1-2H3. The fourth-order valence-electron chi connectivity index (χ4n) is 8.37. The molecule has 0 spiro atoms. The number of para-hydroxylation sites is 1. The molecular weight excluding hydrogens is 701 g/mol. The predicted molar refractivity (Wildman–Crippen MR) is 244 cm³/mol. The summed E-state index contributed by atoms with van der Waals surface area (Å²) in [5, 5.41) is 2.28. The molecule has 1 aromatic heterocycles. The Morgan fingerprint density at radius 3 is 1.19 bits per heavy atom. The lowest BCUT2D eigenvalue weighted by molar-refractivity contribution is 0.669. The van der Waals surface area contributed by atoms with Crippen LogP contribution in [-0.4, -0.2) is 0 Å². The molecule has 1 heteroatoms. The minimum absolute atomic E-state index is 0.0272. The highest BCUT2D eigenvalue weighted by Crippen LogP contribution is 2.38. The molecule has 10 rings (SSSR count). The van der Waals surface area contributed by atoms with Crippen LogP contribution in [0.3, 0.4) is 0 Å². The van der Waals surface area contributed by atoms with Gasteiger partial charge in [-0.2, -0.15) is 0 Å². The molecule has 1 heterocycles. The van der Waals surface area contributed by atoms with Crippen LogP contribution in [0.2, 0.25) is 0 Å². The van der Waals surface area contributed by atoms with Gasteiger partial charge in [0.1, 0.15) is 11.2 Å². The van der Waals surface area contributed by atoms with E-state index in [0.717, 1.165) is 21.9 Å². The smallest absolute Gasteiger partial charge is 0.135 e. The van der Waals surface area contributed by atoms with Crippen molar-refractivity contribution in [1.82, 2.24) is 0 Å². The summed E-state index contributed by atoms with van der Waals surface area (Å²) in [5.41, 5.74) is 20.2.